The molecule has 2 heterocycles. The number of carbonyl (C=O) groups is 1. The molecule has 9 nitrogen and oxygen atoms in total. The fourth-order valence-electron chi connectivity index (χ4n) is 3.18. The average molecular weight is 499 g/mol. The molecule has 0 aliphatic carbocycles. The number of aryl methyl sites for hydroxylation is 1. The molecular formula is C24H20F3N5O4. The third-order valence-corrected chi connectivity index (χ3v) is 4.76. The normalized spacial score (nSPS) is 11.2. The van der Waals surface area contributed by atoms with Gasteiger partial charge in [-0.2, -0.15) is 0 Å². The standard InChI is InChI=1S/C24H20F3N5O4/c1-3-12-34-31-22(33)20-14-18(10-11-28-20)35-17-8-9-21-19(13-17)30-23(32(21)2)29-15-4-6-16(7-5-15)36-24(25,26)27/h3-11,13-14H,1,12H2,2H3,(H,29,30)(H,31,33). The number of amides is 1. The largest absolute Gasteiger partial charge is 0.573 e. The van der Waals surface area contributed by atoms with Gasteiger partial charge in [0.15, 0.2) is 0 Å². The molecule has 36 heavy (non-hydrogen) atoms. The van der Waals surface area contributed by atoms with E-state index in [4.69, 9.17) is 9.57 Å². The maximum Gasteiger partial charge on any atom is 0.573 e. The Kier molecular flexibility index (Phi) is 7.06. The molecule has 0 saturated carbocycles. The van der Waals surface area contributed by atoms with Crippen molar-refractivity contribution in [3.8, 4) is 17.2 Å². The Bertz CT molecular complexity index is 1390. The van der Waals surface area contributed by atoms with Crippen molar-refractivity contribution in [2.24, 2.45) is 7.05 Å². The molecule has 0 radical (unpaired) electrons. The number of rotatable bonds is 9. The molecule has 0 bridgehead atoms. The Balaban J connectivity index is 1.48. The van der Waals surface area contributed by atoms with Gasteiger partial charge in [-0.3, -0.25) is 14.6 Å². The Morgan fingerprint density at radius 3 is 2.53 bits per heavy atom. The summed E-state index contributed by atoms with van der Waals surface area (Å²) in [6.07, 6.45) is -1.83. The summed E-state index contributed by atoms with van der Waals surface area (Å²) in [4.78, 5) is 25.6. The number of nitrogens with zero attached hydrogens (tertiary/aromatic N) is 3. The van der Waals surface area contributed by atoms with Crippen LogP contribution in [0, 0.1) is 0 Å². The number of pyridine rings is 1. The Morgan fingerprint density at radius 2 is 1.81 bits per heavy atom. The Labute approximate surface area is 203 Å². The molecule has 2 N–H and O–H groups in total. The number of alkyl halides is 3. The topological polar surface area (TPSA) is 99.5 Å². The lowest BCUT2D eigenvalue weighted by Gasteiger charge is -2.10. The zero-order chi connectivity index (χ0) is 25.7. The molecule has 0 unspecified atom stereocenters. The number of anilines is 2. The highest BCUT2D eigenvalue weighted by Gasteiger charge is 2.31. The number of nitrogens with one attached hydrogen (secondary N) is 2. The van der Waals surface area contributed by atoms with Crippen molar-refractivity contribution in [2.45, 2.75) is 6.36 Å². The SMILES string of the molecule is C=CCONC(=O)c1cc(Oc2ccc3c(c2)nc(Nc2ccc(OC(F)(F)F)cc2)n3C)ccn1. The van der Waals surface area contributed by atoms with Crippen molar-refractivity contribution in [1.29, 1.82) is 0 Å². The van der Waals surface area contributed by atoms with E-state index in [2.05, 4.69) is 32.1 Å². The number of imidazole rings is 1. The van der Waals surface area contributed by atoms with Crippen LogP contribution in [-0.2, 0) is 11.9 Å². The number of fused-ring (bicyclic) bond motifs is 1. The molecule has 2 aromatic heterocycles. The third-order valence-electron chi connectivity index (χ3n) is 4.76. The first-order valence-corrected chi connectivity index (χ1v) is 10.5. The van der Waals surface area contributed by atoms with E-state index < -0.39 is 12.3 Å². The molecular weight excluding hydrogens is 479 g/mol. The first-order valence-electron chi connectivity index (χ1n) is 10.5. The monoisotopic (exact) mass is 499 g/mol. The van der Waals surface area contributed by atoms with Gasteiger partial charge < -0.3 is 19.4 Å². The van der Waals surface area contributed by atoms with Crippen molar-refractivity contribution >= 4 is 28.6 Å². The van der Waals surface area contributed by atoms with Crippen LogP contribution >= 0.6 is 0 Å². The second-order valence-corrected chi connectivity index (χ2v) is 7.35. The number of carbonyl (C=O) groups excluding carboxylic acids is 1. The summed E-state index contributed by atoms with van der Waals surface area (Å²) in [6.45, 7) is 3.65. The Morgan fingerprint density at radius 1 is 1.08 bits per heavy atom. The van der Waals surface area contributed by atoms with Gasteiger partial charge in [-0.05, 0) is 42.5 Å². The highest BCUT2D eigenvalue weighted by Crippen LogP contribution is 2.29. The Hall–Kier alpha value is -4.58. The van der Waals surface area contributed by atoms with Gasteiger partial charge in [0.2, 0.25) is 5.95 Å². The number of halogens is 3. The summed E-state index contributed by atoms with van der Waals surface area (Å²) in [7, 11) is 1.79. The van der Waals surface area contributed by atoms with Crippen LogP contribution in [0.2, 0.25) is 0 Å². The van der Waals surface area contributed by atoms with E-state index in [1.54, 1.807) is 35.9 Å². The summed E-state index contributed by atoms with van der Waals surface area (Å²) in [5.41, 5.74) is 4.28. The van der Waals surface area contributed by atoms with Gasteiger partial charge in [0.25, 0.3) is 5.91 Å². The second kappa shape index (κ2) is 10.4. The van der Waals surface area contributed by atoms with Gasteiger partial charge in [0.1, 0.15) is 22.9 Å². The third kappa shape index (κ3) is 6.10. The van der Waals surface area contributed by atoms with Crippen LogP contribution in [0.5, 0.6) is 17.2 Å². The number of benzene rings is 2. The van der Waals surface area contributed by atoms with Gasteiger partial charge in [-0.15, -0.1) is 19.8 Å². The van der Waals surface area contributed by atoms with Gasteiger partial charge in [0, 0.05) is 31.1 Å². The van der Waals surface area contributed by atoms with E-state index in [0.29, 0.717) is 28.7 Å². The van der Waals surface area contributed by atoms with E-state index in [9.17, 15) is 18.0 Å². The highest BCUT2D eigenvalue weighted by atomic mass is 19.4. The molecule has 0 atom stereocenters. The first kappa shape index (κ1) is 24.5. The quantitative estimate of drug-likeness (QED) is 0.184. The average Bonchev–Trinajstić information content (AvgIpc) is 3.14. The van der Waals surface area contributed by atoms with E-state index in [1.165, 1.54) is 42.6 Å². The van der Waals surface area contributed by atoms with E-state index in [1.807, 2.05) is 0 Å². The minimum atomic E-state index is -4.75. The number of hydroxylamine groups is 1. The van der Waals surface area contributed by atoms with Crippen LogP contribution in [0.3, 0.4) is 0 Å². The molecule has 0 aliphatic heterocycles. The molecule has 4 rings (SSSR count). The van der Waals surface area contributed by atoms with Gasteiger partial charge in [-0.25, -0.2) is 10.5 Å². The van der Waals surface area contributed by atoms with Gasteiger partial charge in [-0.1, -0.05) is 6.08 Å². The minimum Gasteiger partial charge on any atom is -0.457 e. The van der Waals surface area contributed by atoms with Gasteiger partial charge in [0.05, 0.1) is 17.6 Å². The lowest BCUT2D eigenvalue weighted by molar-refractivity contribution is -0.274. The molecule has 4 aromatic rings. The molecule has 186 valence electrons. The summed E-state index contributed by atoms with van der Waals surface area (Å²) >= 11 is 0. The van der Waals surface area contributed by atoms with E-state index >= 15 is 0 Å². The highest BCUT2D eigenvalue weighted by molar-refractivity contribution is 5.91. The lowest BCUT2D eigenvalue weighted by atomic mass is 10.3. The number of ether oxygens (including phenoxy) is 2. The lowest BCUT2D eigenvalue weighted by Crippen LogP contribution is -2.24. The minimum absolute atomic E-state index is 0.105. The van der Waals surface area contributed by atoms with Crippen molar-refractivity contribution in [3.05, 3.63) is 79.1 Å². The molecule has 2 aromatic carbocycles. The van der Waals surface area contributed by atoms with Crippen molar-refractivity contribution < 1.29 is 32.3 Å². The number of aromatic nitrogens is 3. The number of hydrogen-bond acceptors (Lipinski definition) is 7. The molecule has 0 saturated heterocycles. The molecule has 1 amide bonds. The van der Waals surface area contributed by atoms with Gasteiger partial charge >= 0.3 is 6.36 Å². The predicted octanol–water partition coefficient (Wildman–Crippen LogP) is 5.25. The second-order valence-electron chi connectivity index (χ2n) is 7.35. The van der Waals surface area contributed by atoms with Crippen LogP contribution in [-0.4, -0.2) is 33.4 Å². The summed E-state index contributed by atoms with van der Waals surface area (Å²) < 4.78 is 48.6. The van der Waals surface area contributed by atoms with Crippen molar-refractivity contribution in [1.82, 2.24) is 20.0 Å². The van der Waals surface area contributed by atoms with E-state index in [0.717, 1.165) is 5.52 Å². The van der Waals surface area contributed by atoms with Crippen LogP contribution in [0.15, 0.2) is 73.4 Å². The molecule has 12 heteroatoms. The van der Waals surface area contributed by atoms with Crippen LogP contribution in [0.1, 0.15) is 10.5 Å². The fraction of sp³-hybridized carbons (Fsp3) is 0.125. The summed E-state index contributed by atoms with van der Waals surface area (Å²) in [5, 5.41) is 3.07. The maximum absolute atomic E-state index is 12.4. The zero-order valence-corrected chi connectivity index (χ0v) is 18.9. The summed E-state index contributed by atoms with van der Waals surface area (Å²) in [6, 6.07) is 13.7. The molecule has 0 fully saturated rings. The number of hydrogen-bond donors (Lipinski definition) is 2. The van der Waals surface area contributed by atoms with Crippen LogP contribution in [0.25, 0.3) is 11.0 Å². The zero-order valence-electron chi connectivity index (χ0n) is 18.9. The summed E-state index contributed by atoms with van der Waals surface area (Å²) in [5.74, 6) is 0.473. The van der Waals surface area contributed by atoms with Crippen molar-refractivity contribution in [2.75, 3.05) is 11.9 Å². The van der Waals surface area contributed by atoms with Crippen LogP contribution in [0.4, 0.5) is 24.8 Å². The maximum atomic E-state index is 12.4. The molecule has 0 aliphatic rings. The molecule has 0 spiro atoms. The first-order chi connectivity index (χ1) is 17.2. The van der Waals surface area contributed by atoms with E-state index in [-0.39, 0.29) is 18.1 Å². The van der Waals surface area contributed by atoms with Crippen molar-refractivity contribution in [3.63, 3.8) is 0 Å². The van der Waals surface area contributed by atoms with Crippen LogP contribution < -0.4 is 20.3 Å². The predicted molar refractivity (Wildman–Crippen MR) is 125 cm³/mol. The smallest absolute Gasteiger partial charge is 0.457 e. The fourth-order valence-corrected chi connectivity index (χ4v) is 3.18.